The zero-order chi connectivity index (χ0) is 15.0. The van der Waals surface area contributed by atoms with Crippen molar-refractivity contribution in [2.75, 3.05) is 6.54 Å². The third kappa shape index (κ3) is 5.54. The number of hydrazine groups is 1. The number of unbranched alkanes of at least 4 members (excludes halogenated alkanes) is 1. The van der Waals surface area contributed by atoms with Crippen molar-refractivity contribution < 1.29 is 4.79 Å². The predicted molar refractivity (Wildman–Crippen MR) is 83.9 cm³/mol. The van der Waals surface area contributed by atoms with Crippen LogP contribution in [-0.4, -0.2) is 23.5 Å². The van der Waals surface area contributed by atoms with E-state index in [-0.39, 0.29) is 5.91 Å². The molecule has 1 amide bonds. The smallest absolute Gasteiger partial charge is 0.236 e. The van der Waals surface area contributed by atoms with Crippen LogP contribution >= 0.6 is 0 Å². The molecular formula is C17H30N2O. The van der Waals surface area contributed by atoms with Crippen molar-refractivity contribution in [2.45, 2.75) is 78.2 Å². The van der Waals surface area contributed by atoms with E-state index in [9.17, 15) is 4.79 Å². The minimum Gasteiger partial charge on any atom is -0.275 e. The van der Waals surface area contributed by atoms with Crippen LogP contribution in [0.1, 0.15) is 72.1 Å². The molecular weight excluding hydrogens is 248 g/mol. The van der Waals surface area contributed by atoms with Gasteiger partial charge < -0.3 is 0 Å². The van der Waals surface area contributed by atoms with Crippen molar-refractivity contribution in [2.24, 2.45) is 5.41 Å². The Morgan fingerprint density at radius 3 is 2.90 bits per heavy atom. The first kappa shape index (κ1) is 17.0. The summed E-state index contributed by atoms with van der Waals surface area (Å²) >= 11 is 0. The van der Waals surface area contributed by atoms with Crippen molar-refractivity contribution >= 4 is 5.91 Å². The average Bonchev–Trinajstić information content (AvgIpc) is 2.45. The van der Waals surface area contributed by atoms with Gasteiger partial charge in [-0.05, 0) is 37.5 Å². The molecule has 3 nitrogen and oxygen atoms in total. The van der Waals surface area contributed by atoms with Gasteiger partial charge in [-0.25, -0.2) is 5.43 Å². The molecule has 0 aromatic heterocycles. The Kier molecular flexibility index (Phi) is 7.09. The molecule has 1 rings (SSSR count). The van der Waals surface area contributed by atoms with Crippen molar-refractivity contribution in [1.82, 2.24) is 10.4 Å². The Morgan fingerprint density at radius 2 is 2.25 bits per heavy atom. The summed E-state index contributed by atoms with van der Waals surface area (Å²) in [5.41, 5.74) is 3.65. The molecule has 1 atom stereocenters. The SMILES string of the molecule is C#CCCCC(=O)N1NCCCC1CCC(C)(C)CC. The van der Waals surface area contributed by atoms with Gasteiger partial charge in [0.25, 0.3) is 0 Å². The lowest BCUT2D eigenvalue weighted by atomic mass is 9.83. The molecule has 0 aromatic carbocycles. The van der Waals surface area contributed by atoms with Crippen molar-refractivity contribution in [3.8, 4) is 12.3 Å². The van der Waals surface area contributed by atoms with E-state index in [0.29, 0.717) is 24.3 Å². The molecule has 1 aliphatic heterocycles. The van der Waals surface area contributed by atoms with Crippen molar-refractivity contribution in [1.29, 1.82) is 0 Å². The molecule has 1 N–H and O–H groups in total. The van der Waals surface area contributed by atoms with Gasteiger partial charge in [0.15, 0.2) is 0 Å². The Labute approximate surface area is 124 Å². The lowest BCUT2D eigenvalue weighted by Crippen LogP contribution is -2.53. The summed E-state index contributed by atoms with van der Waals surface area (Å²) in [7, 11) is 0. The topological polar surface area (TPSA) is 32.3 Å². The molecule has 1 heterocycles. The maximum atomic E-state index is 12.3. The van der Waals surface area contributed by atoms with Crippen LogP contribution in [0.4, 0.5) is 0 Å². The second-order valence-electron chi connectivity index (χ2n) is 6.58. The summed E-state index contributed by atoms with van der Waals surface area (Å²) in [6.07, 6.45) is 13.0. The van der Waals surface area contributed by atoms with Gasteiger partial charge in [-0.15, -0.1) is 12.3 Å². The fourth-order valence-corrected chi connectivity index (χ4v) is 2.56. The lowest BCUT2D eigenvalue weighted by Gasteiger charge is -2.38. The largest absolute Gasteiger partial charge is 0.275 e. The first-order valence-electron chi connectivity index (χ1n) is 7.99. The second-order valence-corrected chi connectivity index (χ2v) is 6.58. The summed E-state index contributed by atoms with van der Waals surface area (Å²) in [5.74, 6) is 2.81. The molecule has 114 valence electrons. The van der Waals surface area contributed by atoms with Gasteiger partial charge in [-0.1, -0.05) is 27.2 Å². The Bertz CT molecular complexity index is 343. The van der Waals surface area contributed by atoms with Gasteiger partial charge in [0, 0.05) is 25.4 Å². The highest BCUT2D eigenvalue weighted by Crippen LogP contribution is 2.29. The van der Waals surface area contributed by atoms with Gasteiger partial charge >= 0.3 is 0 Å². The molecule has 0 spiro atoms. The summed E-state index contributed by atoms with van der Waals surface area (Å²) in [6.45, 7) is 7.76. The fraction of sp³-hybridized carbons (Fsp3) is 0.824. The first-order chi connectivity index (χ1) is 9.50. The van der Waals surface area contributed by atoms with Crippen LogP contribution in [-0.2, 0) is 4.79 Å². The maximum Gasteiger partial charge on any atom is 0.236 e. The molecule has 0 radical (unpaired) electrons. The van der Waals surface area contributed by atoms with Gasteiger partial charge in [0.2, 0.25) is 5.91 Å². The van der Waals surface area contributed by atoms with E-state index in [1.807, 2.05) is 5.01 Å². The van der Waals surface area contributed by atoms with Gasteiger partial charge in [0.1, 0.15) is 0 Å². The average molecular weight is 278 g/mol. The third-order valence-electron chi connectivity index (χ3n) is 4.45. The molecule has 0 bridgehead atoms. The fourth-order valence-electron chi connectivity index (χ4n) is 2.56. The number of nitrogens with one attached hydrogen (secondary N) is 1. The lowest BCUT2D eigenvalue weighted by molar-refractivity contribution is -0.139. The van der Waals surface area contributed by atoms with Gasteiger partial charge in [-0.2, -0.15) is 0 Å². The van der Waals surface area contributed by atoms with Crippen LogP contribution in [0.2, 0.25) is 0 Å². The zero-order valence-corrected chi connectivity index (χ0v) is 13.4. The molecule has 0 aliphatic carbocycles. The van der Waals surface area contributed by atoms with Crippen LogP contribution in [0, 0.1) is 17.8 Å². The number of amides is 1. The molecule has 1 fully saturated rings. The van der Waals surface area contributed by atoms with Crippen molar-refractivity contribution in [3.63, 3.8) is 0 Å². The van der Waals surface area contributed by atoms with E-state index < -0.39 is 0 Å². The number of carbonyl (C=O) groups excluding carboxylic acids is 1. The van der Waals surface area contributed by atoms with E-state index in [2.05, 4.69) is 32.1 Å². The minimum atomic E-state index is 0.208. The summed E-state index contributed by atoms with van der Waals surface area (Å²) in [6, 6.07) is 0.355. The van der Waals surface area contributed by atoms with Gasteiger partial charge in [-0.3, -0.25) is 9.80 Å². The first-order valence-corrected chi connectivity index (χ1v) is 7.99. The number of terminal acetylenes is 1. The molecule has 1 unspecified atom stereocenters. The third-order valence-corrected chi connectivity index (χ3v) is 4.45. The van der Waals surface area contributed by atoms with E-state index in [0.717, 1.165) is 32.2 Å². The number of carbonyl (C=O) groups is 1. The number of hydrogen-bond acceptors (Lipinski definition) is 2. The van der Waals surface area contributed by atoms with Crippen LogP contribution in [0.15, 0.2) is 0 Å². The van der Waals surface area contributed by atoms with E-state index in [1.54, 1.807) is 0 Å². The van der Waals surface area contributed by atoms with Crippen LogP contribution in [0.25, 0.3) is 0 Å². The van der Waals surface area contributed by atoms with Gasteiger partial charge in [0.05, 0.1) is 0 Å². The number of hydrogen-bond donors (Lipinski definition) is 1. The Morgan fingerprint density at radius 1 is 1.50 bits per heavy atom. The highest BCUT2D eigenvalue weighted by molar-refractivity contribution is 5.76. The quantitative estimate of drug-likeness (QED) is 0.571. The number of nitrogens with zero attached hydrogens (tertiary/aromatic N) is 1. The molecule has 3 heteroatoms. The molecule has 0 saturated carbocycles. The van der Waals surface area contributed by atoms with Crippen LogP contribution in [0.3, 0.4) is 0 Å². The predicted octanol–water partition coefficient (Wildman–Crippen LogP) is 3.50. The zero-order valence-electron chi connectivity index (χ0n) is 13.4. The standard InChI is InChI=1S/C17H30N2O/c1-5-7-8-11-16(20)19-15(10-9-14-18-19)12-13-17(3,4)6-2/h1,15,18H,6-14H2,2-4H3. The molecule has 20 heavy (non-hydrogen) atoms. The highest BCUT2D eigenvalue weighted by atomic mass is 16.2. The highest BCUT2D eigenvalue weighted by Gasteiger charge is 2.28. The minimum absolute atomic E-state index is 0.208. The van der Waals surface area contributed by atoms with Crippen molar-refractivity contribution in [3.05, 3.63) is 0 Å². The maximum absolute atomic E-state index is 12.3. The van der Waals surface area contributed by atoms with E-state index in [1.165, 1.54) is 12.8 Å². The second kappa shape index (κ2) is 8.32. The molecule has 0 aromatic rings. The summed E-state index contributed by atoms with van der Waals surface area (Å²) in [5, 5.41) is 1.89. The number of rotatable bonds is 7. The van der Waals surface area contributed by atoms with Crippen LogP contribution in [0.5, 0.6) is 0 Å². The summed E-state index contributed by atoms with van der Waals surface area (Å²) in [4.78, 5) is 12.3. The Balaban J connectivity index is 2.49. The summed E-state index contributed by atoms with van der Waals surface area (Å²) < 4.78 is 0. The Hall–Kier alpha value is -1.01. The molecule has 1 aliphatic rings. The molecule has 1 saturated heterocycles. The monoisotopic (exact) mass is 278 g/mol. The normalized spacial score (nSPS) is 19.7. The van der Waals surface area contributed by atoms with E-state index in [4.69, 9.17) is 6.42 Å². The van der Waals surface area contributed by atoms with Crippen LogP contribution < -0.4 is 5.43 Å². The van der Waals surface area contributed by atoms with E-state index >= 15 is 0 Å².